The molecular weight excluding hydrogens is 402 g/mol. The molecular formula is C24H24ClNO4. The number of rotatable bonds is 3. The Hall–Kier alpha value is -2.63. The molecule has 1 aliphatic heterocycles. The van der Waals surface area contributed by atoms with Crippen LogP contribution in [0.25, 0.3) is 11.0 Å². The highest BCUT2D eigenvalue weighted by atomic mass is 35.5. The van der Waals surface area contributed by atoms with Crippen LogP contribution in [0, 0.1) is 6.92 Å². The van der Waals surface area contributed by atoms with Crippen LogP contribution in [0.5, 0.6) is 0 Å². The van der Waals surface area contributed by atoms with E-state index < -0.39 is 11.9 Å². The van der Waals surface area contributed by atoms with Gasteiger partial charge in [0.1, 0.15) is 5.58 Å². The van der Waals surface area contributed by atoms with Crippen LogP contribution in [0.3, 0.4) is 0 Å². The van der Waals surface area contributed by atoms with E-state index in [1.54, 1.807) is 12.1 Å². The van der Waals surface area contributed by atoms with Gasteiger partial charge in [-0.3, -0.25) is 9.59 Å². The Kier molecular flexibility index (Phi) is 4.99. The molecule has 0 aliphatic carbocycles. The number of fused-ring (bicyclic) bond motifs is 2. The van der Waals surface area contributed by atoms with Crippen LogP contribution in [-0.2, 0) is 5.41 Å². The molecule has 1 aromatic heterocycles. The largest absolute Gasteiger partial charge is 0.450 e. The quantitative estimate of drug-likeness (QED) is 0.666. The lowest BCUT2D eigenvalue weighted by molar-refractivity contribution is 0.0691. The normalized spacial score (nSPS) is 16.4. The summed E-state index contributed by atoms with van der Waals surface area (Å²) >= 11 is 6.24. The minimum Gasteiger partial charge on any atom is -0.450 e. The van der Waals surface area contributed by atoms with Crippen LogP contribution in [-0.4, -0.2) is 29.1 Å². The van der Waals surface area contributed by atoms with Crippen LogP contribution in [0.1, 0.15) is 59.6 Å². The van der Waals surface area contributed by atoms with E-state index in [0.717, 1.165) is 16.7 Å². The zero-order valence-electron chi connectivity index (χ0n) is 17.5. The van der Waals surface area contributed by atoms with Gasteiger partial charge in [0.15, 0.2) is 5.43 Å². The lowest BCUT2D eigenvalue weighted by Gasteiger charge is -2.25. The Morgan fingerprint density at radius 1 is 1.13 bits per heavy atom. The predicted molar refractivity (Wildman–Crippen MR) is 117 cm³/mol. The molecule has 0 fully saturated rings. The van der Waals surface area contributed by atoms with Crippen molar-refractivity contribution in [3.8, 4) is 0 Å². The summed E-state index contributed by atoms with van der Waals surface area (Å²) in [6, 6.07) is 10.5. The van der Waals surface area contributed by atoms with Crippen molar-refractivity contribution in [1.29, 1.82) is 0 Å². The molecule has 2 aromatic carbocycles. The number of benzene rings is 2. The van der Waals surface area contributed by atoms with E-state index in [1.165, 1.54) is 4.90 Å². The summed E-state index contributed by atoms with van der Waals surface area (Å²) in [5, 5.41) is 10.4. The van der Waals surface area contributed by atoms with Crippen LogP contribution < -0.4 is 5.43 Å². The van der Waals surface area contributed by atoms with Gasteiger partial charge in [0.25, 0.3) is 5.91 Å². The van der Waals surface area contributed by atoms with Gasteiger partial charge in [0.05, 0.1) is 23.6 Å². The van der Waals surface area contributed by atoms with Gasteiger partial charge in [-0.15, -0.1) is 0 Å². The van der Waals surface area contributed by atoms with Gasteiger partial charge < -0.3 is 14.4 Å². The second kappa shape index (κ2) is 7.25. The highest BCUT2D eigenvalue weighted by Gasteiger charge is 2.42. The minimum atomic E-state index is -0.616. The van der Waals surface area contributed by atoms with Gasteiger partial charge in [0.2, 0.25) is 5.76 Å². The molecule has 5 nitrogen and oxygen atoms in total. The Bertz CT molecular complexity index is 1210. The van der Waals surface area contributed by atoms with E-state index in [1.807, 2.05) is 31.2 Å². The molecule has 4 rings (SSSR count). The third kappa shape index (κ3) is 3.22. The zero-order valence-corrected chi connectivity index (χ0v) is 18.2. The minimum absolute atomic E-state index is 0.0173. The molecule has 0 saturated carbocycles. The summed E-state index contributed by atoms with van der Waals surface area (Å²) in [5.74, 6) is -0.358. The van der Waals surface area contributed by atoms with Crippen molar-refractivity contribution in [2.45, 2.75) is 39.2 Å². The number of halogens is 1. The number of hydrogen-bond acceptors (Lipinski definition) is 4. The fraction of sp³-hybridized carbons (Fsp3) is 0.333. The lowest BCUT2D eigenvalue weighted by Crippen LogP contribution is -2.32. The Morgan fingerprint density at radius 2 is 1.80 bits per heavy atom. The number of aliphatic hydroxyl groups excluding tert-OH is 1. The van der Waals surface area contributed by atoms with Crippen molar-refractivity contribution in [2.75, 3.05) is 13.2 Å². The van der Waals surface area contributed by atoms with E-state index in [0.29, 0.717) is 21.6 Å². The Labute approximate surface area is 179 Å². The summed E-state index contributed by atoms with van der Waals surface area (Å²) < 4.78 is 5.91. The van der Waals surface area contributed by atoms with Crippen molar-refractivity contribution in [3.63, 3.8) is 0 Å². The van der Waals surface area contributed by atoms with Crippen LogP contribution in [0.2, 0.25) is 5.02 Å². The molecule has 6 heteroatoms. The molecule has 0 bridgehead atoms. The van der Waals surface area contributed by atoms with E-state index in [-0.39, 0.29) is 29.8 Å². The van der Waals surface area contributed by atoms with Gasteiger partial charge in [0, 0.05) is 11.6 Å². The molecule has 0 spiro atoms. The van der Waals surface area contributed by atoms with Crippen LogP contribution in [0.15, 0.2) is 45.6 Å². The maximum atomic E-state index is 13.4. The summed E-state index contributed by atoms with van der Waals surface area (Å²) in [5.41, 5.74) is 3.05. The molecule has 1 N–H and O–H groups in total. The van der Waals surface area contributed by atoms with E-state index in [4.69, 9.17) is 16.0 Å². The molecule has 3 aromatic rings. The van der Waals surface area contributed by atoms with E-state index >= 15 is 0 Å². The maximum Gasteiger partial charge on any atom is 0.290 e. The first-order chi connectivity index (χ1) is 14.1. The SMILES string of the molecule is Cc1cc2oc3c(c(=O)c2cc1Cl)C(c1ccc(C(C)(C)C)cc1)N(CCO)C3=O. The zero-order chi connectivity index (χ0) is 21.8. The number of aryl methyl sites for hydroxylation is 1. The molecule has 0 saturated heterocycles. The fourth-order valence-corrected chi connectivity index (χ4v) is 4.15. The van der Waals surface area contributed by atoms with Crippen molar-refractivity contribution in [2.24, 2.45) is 0 Å². The number of hydrogen-bond donors (Lipinski definition) is 1. The summed E-state index contributed by atoms with van der Waals surface area (Å²) in [6.07, 6.45) is 0. The fourth-order valence-electron chi connectivity index (χ4n) is 3.99. The van der Waals surface area contributed by atoms with Crippen molar-refractivity contribution >= 4 is 28.5 Å². The average Bonchev–Trinajstić information content (AvgIpc) is 2.96. The van der Waals surface area contributed by atoms with Crippen LogP contribution >= 0.6 is 11.6 Å². The molecule has 156 valence electrons. The first-order valence-electron chi connectivity index (χ1n) is 9.92. The standard InChI is InChI=1S/C24H24ClNO4/c1-13-11-18-16(12-17(13)25)21(28)19-20(26(9-10-27)23(29)22(19)30-18)14-5-7-15(8-6-14)24(2,3)4/h5-8,11-12,20,27H,9-10H2,1-4H3. The number of nitrogens with zero attached hydrogens (tertiary/aromatic N) is 1. The van der Waals surface area contributed by atoms with Crippen LogP contribution in [0.4, 0.5) is 0 Å². The van der Waals surface area contributed by atoms with Crippen molar-refractivity contribution in [3.05, 3.63) is 79.7 Å². The number of carbonyl (C=O) groups is 1. The second-order valence-electron chi connectivity index (χ2n) is 8.77. The van der Waals surface area contributed by atoms with Gasteiger partial charge >= 0.3 is 0 Å². The van der Waals surface area contributed by atoms with Crippen molar-refractivity contribution in [1.82, 2.24) is 4.90 Å². The van der Waals surface area contributed by atoms with Gasteiger partial charge in [-0.25, -0.2) is 0 Å². The molecule has 30 heavy (non-hydrogen) atoms. The Balaban J connectivity index is 1.95. The highest BCUT2D eigenvalue weighted by molar-refractivity contribution is 6.32. The molecule has 1 amide bonds. The Morgan fingerprint density at radius 3 is 2.40 bits per heavy atom. The third-order valence-electron chi connectivity index (χ3n) is 5.68. The average molecular weight is 426 g/mol. The lowest BCUT2D eigenvalue weighted by atomic mass is 9.86. The summed E-state index contributed by atoms with van der Waals surface area (Å²) in [4.78, 5) is 28.0. The molecule has 1 aliphatic rings. The van der Waals surface area contributed by atoms with Crippen molar-refractivity contribution < 1.29 is 14.3 Å². The highest BCUT2D eigenvalue weighted by Crippen LogP contribution is 2.39. The summed E-state index contributed by atoms with van der Waals surface area (Å²) in [6.45, 7) is 8.08. The van der Waals surface area contributed by atoms with E-state index in [9.17, 15) is 14.7 Å². The molecule has 1 unspecified atom stereocenters. The number of amides is 1. The number of aliphatic hydroxyl groups is 1. The molecule has 2 heterocycles. The van der Waals surface area contributed by atoms with Gasteiger partial charge in [-0.2, -0.15) is 0 Å². The number of β-amino-alcohol motifs (C(OH)–C–C–N with tert-alkyl or cyclic N) is 1. The topological polar surface area (TPSA) is 70.8 Å². The first kappa shape index (κ1) is 20.6. The van der Waals surface area contributed by atoms with Gasteiger partial charge in [-0.1, -0.05) is 56.6 Å². The summed E-state index contributed by atoms with van der Waals surface area (Å²) in [7, 11) is 0. The molecule has 0 radical (unpaired) electrons. The maximum absolute atomic E-state index is 13.4. The second-order valence-corrected chi connectivity index (χ2v) is 9.18. The predicted octanol–water partition coefficient (Wildman–Crippen LogP) is 4.59. The smallest absolute Gasteiger partial charge is 0.290 e. The number of carbonyl (C=O) groups excluding carboxylic acids is 1. The first-order valence-corrected chi connectivity index (χ1v) is 10.3. The monoisotopic (exact) mass is 425 g/mol. The third-order valence-corrected chi connectivity index (χ3v) is 6.09. The molecule has 1 atom stereocenters. The van der Waals surface area contributed by atoms with Gasteiger partial charge in [-0.05, 0) is 41.2 Å². The van der Waals surface area contributed by atoms with E-state index in [2.05, 4.69) is 20.8 Å².